The zero-order valence-electron chi connectivity index (χ0n) is 26.6. The molecule has 1 amide bonds. The lowest BCUT2D eigenvalue weighted by Gasteiger charge is -2.49. The molecule has 43 heavy (non-hydrogen) atoms. The molecule has 1 aromatic carbocycles. The second kappa shape index (κ2) is 10.8. The molecule has 1 spiro atoms. The fraction of sp³-hybridized carbons (Fsp3) is 0.676. The second-order valence-electron chi connectivity index (χ2n) is 15.0. The number of fused-ring (bicyclic) bond motifs is 6. The third kappa shape index (κ3) is 4.69. The van der Waals surface area contributed by atoms with Crippen LogP contribution in [0.25, 0.3) is 0 Å². The van der Waals surface area contributed by atoms with Gasteiger partial charge in [-0.05, 0) is 92.1 Å². The van der Waals surface area contributed by atoms with Crippen molar-refractivity contribution in [2.75, 3.05) is 6.54 Å². The minimum Gasteiger partial charge on any atom is -0.431 e. The quantitative estimate of drug-likeness (QED) is 0.269. The van der Waals surface area contributed by atoms with Crippen molar-refractivity contribution in [1.82, 2.24) is 4.90 Å². The molecule has 2 aliphatic heterocycles. The van der Waals surface area contributed by atoms with Gasteiger partial charge in [-0.15, -0.1) is 0 Å². The topological polar surface area (TPSA) is 65.1 Å². The molecule has 1 aromatic rings. The van der Waals surface area contributed by atoms with Crippen LogP contribution in [0.4, 0.5) is 4.79 Å². The summed E-state index contributed by atoms with van der Waals surface area (Å²) >= 11 is 0. The summed E-state index contributed by atoms with van der Waals surface area (Å²) in [7, 11) is 0. The van der Waals surface area contributed by atoms with Crippen LogP contribution in [-0.2, 0) is 25.6 Å². The Kier molecular flexibility index (Phi) is 7.31. The zero-order chi connectivity index (χ0) is 30.1. The van der Waals surface area contributed by atoms with Gasteiger partial charge in [-0.1, -0.05) is 68.3 Å². The molecule has 0 unspecified atom stereocenters. The van der Waals surface area contributed by atoms with Crippen LogP contribution in [0.2, 0.25) is 0 Å². The number of hydrogen-bond donors (Lipinski definition) is 0. The number of rotatable bonds is 3. The molecule has 0 N–H and O–H groups in total. The normalized spacial score (nSPS) is 41.6. The number of carbonyl (C=O) groups is 2. The fourth-order valence-electron chi connectivity index (χ4n) is 10.6. The minimum absolute atomic E-state index is 0.116. The van der Waals surface area contributed by atoms with Crippen molar-refractivity contribution < 1.29 is 23.8 Å². The number of likely N-dealkylation sites (tertiary alicyclic amines) is 1. The lowest BCUT2D eigenvalue weighted by Crippen LogP contribution is -2.53. The number of benzene rings is 1. The molecule has 2 heterocycles. The summed E-state index contributed by atoms with van der Waals surface area (Å²) in [5.74, 6) is 2.90. The molecule has 2 saturated heterocycles. The van der Waals surface area contributed by atoms with Crippen LogP contribution in [0.15, 0.2) is 53.1 Å². The lowest BCUT2D eigenvalue weighted by molar-refractivity contribution is -0.137. The molecule has 0 bridgehead atoms. The van der Waals surface area contributed by atoms with E-state index in [-0.39, 0.29) is 41.8 Å². The molecule has 6 nitrogen and oxygen atoms in total. The van der Waals surface area contributed by atoms with Gasteiger partial charge in [-0.2, -0.15) is 0 Å². The summed E-state index contributed by atoms with van der Waals surface area (Å²) in [4.78, 5) is 27.4. The average molecular weight is 588 g/mol. The summed E-state index contributed by atoms with van der Waals surface area (Å²) in [6, 6.07) is 9.94. The van der Waals surface area contributed by atoms with E-state index in [1.165, 1.54) is 17.6 Å². The summed E-state index contributed by atoms with van der Waals surface area (Å²) < 4.78 is 18.4. The monoisotopic (exact) mass is 587 g/mol. The standard InChI is InChI=1S/C37H49NO5/c1-22-17-33-34(38(20-22)25(4)39)24(3)37(43-33)16-14-29-30-12-11-27-18-28(42-35(40)41-21-26-9-7-6-8-10-26)13-15-36(27,5)32(30)19-31(29)23(37)2/h6-11,22,24,28-30,32-34H,12-21H2,1-5H3/t22-,24+,28-,29-,30-,32-,33+,34-,36-,37-/m0/s1. The highest BCUT2D eigenvalue weighted by Crippen LogP contribution is 2.65. The van der Waals surface area contributed by atoms with Crippen molar-refractivity contribution in [1.29, 1.82) is 0 Å². The maximum absolute atomic E-state index is 12.7. The summed E-state index contributed by atoms with van der Waals surface area (Å²) in [5, 5.41) is 0. The molecule has 7 rings (SSSR count). The van der Waals surface area contributed by atoms with E-state index in [0.29, 0.717) is 29.6 Å². The van der Waals surface area contributed by atoms with E-state index in [1.807, 2.05) is 30.3 Å². The maximum atomic E-state index is 12.7. The van der Waals surface area contributed by atoms with E-state index in [2.05, 4.69) is 38.7 Å². The minimum atomic E-state index is -0.561. The Morgan fingerprint density at radius 3 is 2.65 bits per heavy atom. The van der Waals surface area contributed by atoms with Gasteiger partial charge in [0.15, 0.2) is 0 Å². The van der Waals surface area contributed by atoms with Crippen molar-refractivity contribution in [2.24, 2.45) is 35.0 Å². The Balaban J connectivity index is 1.06. The number of carbonyl (C=O) groups excluding carboxylic acids is 2. The highest BCUT2D eigenvalue weighted by Gasteiger charge is 2.62. The van der Waals surface area contributed by atoms with Crippen molar-refractivity contribution in [3.63, 3.8) is 0 Å². The van der Waals surface area contributed by atoms with E-state index in [1.54, 1.807) is 12.5 Å². The van der Waals surface area contributed by atoms with Crippen LogP contribution >= 0.6 is 0 Å². The molecule has 0 radical (unpaired) electrons. The molecule has 4 fully saturated rings. The number of allylic oxidation sites excluding steroid dienone is 2. The van der Waals surface area contributed by atoms with Gasteiger partial charge in [0.2, 0.25) is 5.91 Å². The zero-order valence-corrected chi connectivity index (χ0v) is 26.6. The Morgan fingerprint density at radius 1 is 1.09 bits per heavy atom. The SMILES string of the molecule is CC(=O)N1C[C@@H](C)C[C@H]2O[C@]3(CC[C@@H]4C(=C3C)C[C@H]3[C@H]4CC=C4C[C@@H](OC(=O)OCc5ccccc5)CC[C@@]43C)[C@H](C)[C@@H]21. The summed E-state index contributed by atoms with van der Waals surface area (Å²) in [6.07, 6.45) is 10.3. The predicted molar refractivity (Wildman–Crippen MR) is 165 cm³/mol. The first-order chi connectivity index (χ1) is 20.6. The van der Waals surface area contributed by atoms with Crippen molar-refractivity contribution >= 4 is 12.1 Å². The van der Waals surface area contributed by atoms with Gasteiger partial charge >= 0.3 is 6.16 Å². The highest BCUT2D eigenvalue weighted by atomic mass is 16.7. The average Bonchev–Trinajstić information content (AvgIpc) is 3.51. The van der Waals surface area contributed by atoms with Gasteiger partial charge in [0, 0.05) is 25.8 Å². The third-order valence-electron chi connectivity index (χ3n) is 12.8. The fourth-order valence-corrected chi connectivity index (χ4v) is 10.6. The number of amides is 1. The number of nitrogens with zero attached hydrogens (tertiary/aromatic N) is 1. The van der Waals surface area contributed by atoms with Crippen LogP contribution in [0.5, 0.6) is 0 Å². The van der Waals surface area contributed by atoms with E-state index in [9.17, 15) is 9.59 Å². The van der Waals surface area contributed by atoms with Crippen molar-refractivity contribution in [3.05, 3.63) is 58.7 Å². The van der Waals surface area contributed by atoms with Crippen molar-refractivity contribution in [3.8, 4) is 0 Å². The van der Waals surface area contributed by atoms with Gasteiger partial charge in [0.05, 0.1) is 17.7 Å². The molecular weight excluding hydrogens is 538 g/mol. The Labute approximate surface area is 257 Å². The van der Waals surface area contributed by atoms with Gasteiger partial charge in [-0.3, -0.25) is 4.79 Å². The molecule has 4 aliphatic carbocycles. The van der Waals surface area contributed by atoms with E-state index in [0.717, 1.165) is 57.1 Å². The highest BCUT2D eigenvalue weighted by molar-refractivity contribution is 5.74. The Morgan fingerprint density at radius 2 is 1.88 bits per heavy atom. The first-order valence-corrected chi connectivity index (χ1v) is 16.8. The Hall–Kier alpha value is -2.60. The van der Waals surface area contributed by atoms with Crippen LogP contribution in [0.3, 0.4) is 0 Å². The predicted octanol–water partition coefficient (Wildman–Crippen LogP) is 7.62. The maximum Gasteiger partial charge on any atom is 0.508 e. The van der Waals surface area contributed by atoms with Crippen LogP contribution in [0, 0.1) is 35.0 Å². The first kappa shape index (κ1) is 29.1. The van der Waals surface area contributed by atoms with Crippen LogP contribution in [0.1, 0.15) is 91.5 Å². The number of piperidine rings is 1. The number of ether oxygens (including phenoxy) is 3. The van der Waals surface area contributed by atoms with Crippen LogP contribution in [-0.4, -0.2) is 47.4 Å². The van der Waals surface area contributed by atoms with E-state index < -0.39 is 6.16 Å². The summed E-state index contributed by atoms with van der Waals surface area (Å²) in [5.41, 5.74) is 5.50. The van der Waals surface area contributed by atoms with Crippen LogP contribution < -0.4 is 0 Å². The van der Waals surface area contributed by atoms with Gasteiger partial charge in [0.1, 0.15) is 12.7 Å². The largest absolute Gasteiger partial charge is 0.508 e. The molecule has 6 heteroatoms. The van der Waals surface area contributed by atoms with E-state index in [4.69, 9.17) is 14.2 Å². The summed E-state index contributed by atoms with van der Waals surface area (Å²) in [6.45, 7) is 12.3. The van der Waals surface area contributed by atoms with Crippen molar-refractivity contribution in [2.45, 2.75) is 116 Å². The molecule has 232 valence electrons. The van der Waals surface area contributed by atoms with Gasteiger partial charge < -0.3 is 19.1 Å². The molecular formula is C37H49NO5. The molecule has 10 atom stereocenters. The first-order valence-electron chi connectivity index (χ1n) is 16.8. The smallest absolute Gasteiger partial charge is 0.431 e. The molecule has 2 saturated carbocycles. The van der Waals surface area contributed by atoms with Gasteiger partial charge in [0.25, 0.3) is 0 Å². The van der Waals surface area contributed by atoms with E-state index >= 15 is 0 Å². The Bertz CT molecular complexity index is 1340. The third-order valence-corrected chi connectivity index (χ3v) is 12.8. The molecule has 0 aromatic heterocycles. The number of hydrogen-bond acceptors (Lipinski definition) is 5. The second-order valence-corrected chi connectivity index (χ2v) is 15.0. The molecule has 6 aliphatic rings. The van der Waals surface area contributed by atoms with Gasteiger partial charge in [-0.25, -0.2) is 4.79 Å². The lowest BCUT2D eigenvalue weighted by atomic mass is 9.56.